The number of carbonyl (C=O) groups is 1. The third-order valence-corrected chi connectivity index (χ3v) is 5.19. The molecule has 0 saturated heterocycles. The van der Waals surface area contributed by atoms with E-state index in [2.05, 4.69) is 61.8 Å². The monoisotopic (exact) mass is 410 g/mol. The van der Waals surface area contributed by atoms with E-state index in [9.17, 15) is 4.79 Å². The van der Waals surface area contributed by atoms with E-state index >= 15 is 0 Å². The van der Waals surface area contributed by atoms with Crippen LogP contribution in [0.15, 0.2) is 30.3 Å². The average molecular weight is 411 g/mol. The molecule has 0 aliphatic rings. The Balaban J connectivity index is 0.00000729. The van der Waals surface area contributed by atoms with E-state index in [1.165, 1.54) is 0 Å². The topological polar surface area (TPSA) is 23.6 Å². The van der Waals surface area contributed by atoms with Crippen LogP contribution < -0.4 is 0 Å². The van der Waals surface area contributed by atoms with Crippen molar-refractivity contribution in [3.63, 3.8) is 0 Å². The highest BCUT2D eigenvalue weighted by Gasteiger charge is 2.30. The number of unbranched alkanes of at least 4 members (excludes halogenated alkanes) is 4. The Labute approximate surface area is 180 Å². The number of amides is 1. The normalized spacial score (nSPS) is 11.9. The summed E-state index contributed by atoms with van der Waals surface area (Å²) < 4.78 is 0. The van der Waals surface area contributed by atoms with Gasteiger partial charge in [0.25, 0.3) is 0 Å². The van der Waals surface area contributed by atoms with Crippen molar-refractivity contribution in [2.45, 2.75) is 85.1 Å². The van der Waals surface area contributed by atoms with Crippen LogP contribution in [-0.4, -0.2) is 41.9 Å². The quantitative estimate of drug-likeness (QED) is 0.330. The van der Waals surface area contributed by atoms with Crippen LogP contribution in [0, 0.1) is 0 Å². The molecule has 4 heteroatoms. The Bertz CT molecular complexity index is 479. The molecule has 0 heterocycles. The van der Waals surface area contributed by atoms with Crippen molar-refractivity contribution in [1.82, 2.24) is 9.80 Å². The van der Waals surface area contributed by atoms with E-state index in [1.54, 1.807) is 0 Å². The second-order valence-corrected chi connectivity index (χ2v) is 7.59. The molecule has 3 nitrogen and oxygen atoms in total. The largest absolute Gasteiger partial charge is 0.341 e. The highest BCUT2D eigenvalue weighted by Crippen LogP contribution is 2.25. The van der Waals surface area contributed by atoms with Gasteiger partial charge in [0.15, 0.2) is 0 Å². The van der Waals surface area contributed by atoms with Crippen LogP contribution in [0.2, 0.25) is 0 Å². The van der Waals surface area contributed by atoms with Gasteiger partial charge in [0.2, 0.25) is 5.91 Å². The summed E-state index contributed by atoms with van der Waals surface area (Å²) in [5.41, 5.74) is 1.15. The number of hydrogen-bond donors (Lipinski definition) is 0. The lowest BCUT2D eigenvalue weighted by Crippen LogP contribution is -2.44. The molecule has 0 saturated carbocycles. The fourth-order valence-corrected chi connectivity index (χ4v) is 3.44. The van der Waals surface area contributed by atoms with Gasteiger partial charge in [-0.05, 0) is 44.3 Å². The van der Waals surface area contributed by atoms with E-state index in [1.807, 2.05) is 6.07 Å². The summed E-state index contributed by atoms with van der Waals surface area (Å²) in [6.45, 7) is 12.6. The molecule has 0 radical (unpaired) electrons. The van der Waals surface area contributed by atoms with Crippen molar-refractivity contribution in [3.8, 4) is 0 Å². The molecule has 1 aromatic rings. The van der Waals surface area contributed by atoms with Gasteiger partial charge >= 0.3 is 0 Å². The van der Waals surface area contributed by atoms with E-state index in [-0.39, 0.29) is 18.4 Å². The molecule has 1 aromatic carbocycles. The molecule has 1 atom stereocenters. The van der Waals surface area contributed by atoms with Gasteiger partial charge in [0.05, 0.1) is 0 Å². The molecule has 0 aromatic heterocycles. The first kappa shape index (κ1) is 26.9. The van der Waals surface area contributed by atoms with Crippen molar-refractivity contribution >= 4 is 18.3 Å². The summed E-state index contributed by atoms with van der Waals surface area (Å²) in [6.07, 6.45) is 9.03. The number of hydrogen-bond acceptors (Lipinski definition) is 2. The van der Waals surface area contributed by atoms with Gasteiger partial charge < -0.3 is 4.90 Å². The predicted octanol–water partition coefficient (Wildman–Crippen LogP) is 6.48. The lowest BCUT2D eigenvalue weighted by Gasteiger charge is -2.35. The summed E-state index contributed by atoms with van der Waals surface area (Å²) in [5.74, 6) is 0.301. The maximum Gasteiger partial charge on any atom is 0.244 e. The number of carbonyl (C=O) groups excluding carboxylic acids is 1. The highest BCUT2D eigenvalue weighted by molar-refractivity contribution is 5.85. The first-order chi connectivity index (χ1) is 13.2. The molecule has 1 unspecified atom stereocenters. The van der Waals surface area contributed by atoms with Crippen molar-refractivity contribution < 1.29 is 4.79 Å². The zero-order valence-corrected chi connectivity index (χ0v) is 19.5. The number of nitrogens with zero attached hydrogens (tertiary/aromatic N) is 2. The maximum absolute atomic E-state index is 13.7. The molecule has 28 heavy (non-hydrogen) atoms. The van der Waals surface area contributed by atoms with Gasteiger partial charge in [-0.25, -0.2) is 0 Å². The second kappa shape index (κ2) is 16.9. The van der Waals surface area contributed by atoms with Crippen LogP contribution in [0.3, 0.4) is 0 Å². The SMILES string of the molecule is CCCCN(CCCC)C(=O)C(c1ccccc1)N(CCCC)CCCC.Cl. The van der Waals surface area contributed by atoms with E-state index in [4.69, 9.17) is 0 Å². The summed E-state index contributed by atoms with van der Waals surface area (Å²) in [5, 5.41) is 0. The third kappa shape index (κ3) is 9.43. The zero-order chi connectivity index (χ0) is 19.9. The molecular formula is C24H43ClN2O. The van der Waals surface area contributed by atoms with Crippen LogP contribution in [0.4, 0.5) is 0 Å². The molecule has 1 amide bonds. The van der Waals surface area contributed by atoms with E-state index in [0.717, 1.165) is 83.1 Å². The van der Waals surface area contributed by atoms with Gasteiger partial charge in [-0.1, -0.05) is 83.7 Å². The minimum atomic E-state index is -0.141. The van der Waals surface area contributed by atoms with Crippen LogP contribution in [-0.2, 0) is 4.79 Å². The Morgan fingerprint density at radius 3 is 1.61 bits per heavy atom. The fraction of sp³-hybridized carbons (Fsp3) is 0.708. The number of halogens is 1. The maximum atomic E-state index is 13.7. The number of benzene rings is 1. The molecule has 0 aliphatic carbocycles. The minimum absolute atomic E-state index is 0. The van der Waals surface area contributed by atoms with Crippen molar-refractivity contribution in [1.29, 1.82) is 0 Å². The Morgan fingerprint density at radius 2 is 1.18 bits per heavy atom. The molecule has 0 N–H and O–H groups in total. The summed E-state index contributed by atoms with van der Waals surface area (Å²) in [4.78, 5) is 18.3. The van der Waals surface area contributed by atoms with Gasteiger partial charge in [0, 0.05) is 13.1 Å². The first-order valence-corrected chi connectivity index (χ1v) is 11.3. The molecule has 0 spiro atoms. The van der Waals surface area contributed by atoms with Gasteiger partial charge in [-0.2, -0.15) is 0 Å². The lowest BCUT2D eigenvalue weighted by molar-refractivity contribution is -0.137. The zero-order valence-electron chi connectivity index (χ0n) is 18.7. The summed E-state index contributed by atoms with van der Waals surface area (Å²) in [7, 11) is 0. The molecule has 0 fully saturated rings. The van der Waals surface area contributed by atoms with Crippen LogP contribution in [0.25, 0.3) is 0 Å². The lowest BCUT2D eigenvalue weighted by atomic mass is 10.0. The number of rotatable bonds is 15. The van der Waals surface area contributed by atoms with Crippen molar-refractivity contribution in [2.24, 2.45) is 0 Å². The van der Waals surface area contributed by atoms with Crippen molar-refractivity contribution in [3.05, 3.63) is 35.9 Å². The Kier molecular flexibility index (Phi) is 16.2. The molecular weight excluding hydrogens is 368 g/mol. The smallest absolute Gasteiger partial charge is 0.244 e. The minimum Gasteiger partial charge on any atom is -0.341 e. The van der Waals surface area contributed by atoms with Gasteiger partial charge in [-0.3, -0.25) is 9.69 Å². The van der Waals surface area contributed by atoms with Gasteiger partial charge in [0.1, 0.15) is 6.04 Å². The summed E-state index contributed by atoms with van der Waals surface area (Å²) in [6, 6.07) is 10.3. The second-order valence-electron chi connectivity index (χ2n) is 7.59. The highest BCUT2D eigenvalue weighted by atomic mass is 35.5. The Hall–Kier alpha value is -1.06. The fourth-order valence-electron chi connectivity index (χ4n) is 3.44. The predicted molar refractivity (Wildman–Crippen MR) is 124 cm³/mol. The third-order valence-electron chi connectivity index (χ3n) is 5.19. The molecule has 1 rings (SSSR count). The standard InChI is InChI=1S/C24H42N2O.ClH/c1-5-9-18-25(19-10-6-2)23(22-16-14-13-15-17-22)24(27)26(20-11-7-3)21-12-8-4;/h13-17,23H,5-12,18-21H2,1-4H3;1H. The average Bonchev–Trinajstić information content (AvgIpc) is 2.70. The van der Waals surface area contributed by atoms with Crippen LogP contribution >= 0.6 is 12.4 Å². The van der Waals surface area contributed by atoms with Gasteiger partial charge in [-0.15, -0.1) is 12.4 Å². The van der Waals surface area contributed by atoms with E-state index < -0.39 is 0 Å². The summed E-state index contributed by atoms with van der Waals surface area (Å²) >= 11 is 0. The van der Waals surface area contributed by atoms with Crippen molar-refractivity contribution in [2.75, 3.05) is 26.2 Å². The molecule has 0 aliphatic heterocycles. The Morgan fingerprint density at radius 1 is 0.750 bits per heavy atom. The molecule has 0 bridgehead atoms. The van der Waals surface area contributed by atoms with Crippen LogP contribution in [0.1, 0.15) is 90.7 Å². The first-order valence-electron chi connectivity index (χ1n) is 11.3. The molecule has 162 valence electrons. The van der Waals surface area contributed by atoms with Crippen LogP contribution in [0.5, 0.6) is 0 Å². The van der Waals surface area contributed by atoms with E-state index in [0.29, 0.717) is 5.91 Å².